The van der Waals surface area contributed by atoms with E-state index in [2.05, 4.69) is 31.2 Å². The van der Waals surface area contributed by atoms with E-state index >= 15 is 0 Å². The van der Waals surface area contributed by atoms with Crippen molar-refractivity contribution in [3.8, 4) is 0 Å². The summed E-state index contributed by atoms with van der Waals surface area (Å²) in [5.74, 6) is 1.03. The van der Waals surface area contributed by atoms with E-state index in [-0.39, 0.29) is 0 Å². The van der Waals surface area contributed by atoms with E-state index in [0.717, 1.165) is 11.5 Å². The van der Waals surface area contributed by atoms with Gasteiger partial charge in [0.15, 0.2) is 0 Å². The van der Waals surface area contributed by atoms with E-state index in [0.29, 0.717) is 0 Å². The number of aliphatic carboxylic acids is 1. The molecule has 1 aromatic rings. The van der Waals surface area contributed by atoms with Crippen molar-refractivity contribution < 1.29 is 9.90 Å². The van der Waals surface area contributed by atoms with Crippen LogP contribution in [0.3, 0.4) is 0 Å². The average Bonchev–Trinajstić information content (AvgIpc) is 2.26. The van der Waals surface area contributed by atoms with Crippen LogP contribution in [-0.2, 0) is 4.79 Å². The largest absolute Gasteiger partial charge is 0.480 e. The summed E-state index contributed by atoms with van der Waals surface area (Å²) in [6.07, 6.45) is 0. The second kappa shape index (κ2) is 6.36. The Morgan fingerprint density at radius 1 is 1.24 bits per heavy atom. The zero-order chi connectivity index (χ0) is 12.9. The van der Waals surface area contributed by atoms with Crippen LogP contribution >= 0.6 is 23.5 Å². The number of carboxylic acid groups (broad SMARTS) is 1. The Kier molecular flexibility index (Phi) is 5.40. The van der Waals surface area contributed by atoms with Gasteiger partial charge in [-0.2, -0.15) is 0 Å². The third-order valence-electron chi connectivity index (χ3n) is 2.35. The summed E-state index contributed by atoms with van der Waals surface area (Å²) in [6, 6.07) is 8.40. The van der Waals surface area contributed by atoms with E-state index < -0.39 is 10.7 Å². The van der Waals surface area contributed by atoms with E-state index in [4.69, 9.17) is 5.11 Å². The molecule has 0 saturated carbocycles. The number of aryl methyl sites for hydroxylation is 1. The molecule has 17 heavy (non-hydrogen) atoms. The summed E-state index contributed by atoms with van der Waals surface area (Å²) in [5, 5.41) is 8.96. The van der Waals surface area contributed by atoms with Gasteiger partial charge in [-0.25, -0.2) is 0 Å². The molecule has 2 nitrogen and oxygen atoms in total. The van der Waals surface area contributed by atoms with Gasteiger partial charge in [0, 0.05) is 16.4 Å². The fourth-order valence-corrected chi connectivity index (χ4v) is 3.02. The maximum absolute atomic E-state index is 10.9. The highest BCUT2D eigenvalue weighted by atomic mass is 32.2. The van der Waals surface area contributed by atoms with Crippen molar-refractivity contribution in [1.82, 2.24) is 0 Å². The molecule has 0 radical (unpaired) electrons. The number of hydrogen-bond acceptors (Lipinski definition) is 3. The van der Waals surface area contributed by atoms with Crippen LogP contribution in [0.1, 0.15) is 19.4 Å². The molecule has 1 rings (SSSR count). The fraction of sp³-hybridized carbons (Fsp3) is 0.462. The summed E-state index contributed by atoms with van der Waals surface area (Å²) in [4.78, 5) is 12.1. The first-order valence-electron chi connectivity index (χ1n) is 5.48. The Morgan fingerprint density at radius 2 is 1.82 bits per heavy atom. The van der Waals surface area contributed by atoms with Crippen LogP contribution in [-0.4, -0.2) is 27.3 Å². The molecule has 0 aromatic heterocycles. The molecule has 0 bridgehead atoms. The van der Waals surface area contributed by atoms with Crippen LogP contribution in [0.4, 0.5) is 0 Å². The molecule has 0 aliphatic carbocycles. The summed E-state index contributed by atoms with van der Waals surface area (Å²) in [6.45, 7) is 5.56. The predicted molar refractivity (Wildman–Crippen MR) is 76.1 cm³/mol. The van der Waals surface area contributed by atoms with Crippen LogP contribution in [0.25, 0.3) is 0 Å². The van der Waals surface area contributed by atoms with Crippen molar-refractivity contribution in [3.05, 3.63) is 29.8 Å². The van der Waals surface area contributed by atoms with Gasteiger partial charge in [-0.3, -0.25) is 4.79 Å². The van der Waals surface area contributed by atoms with Crippen molar-refractivity contribution in [3.63, 3.8) is 0 Å². The molecule has 1 aromatic carbocycles. The maximum atomic E-state index is 10.9. The number of thioether (sulfide) groups is 2. The molecule has 0 heterocycles. The SMILES string of the molecule is Cc1ccc(SCCSC(C)(C)C(=O)O)cc1. The zero-order valence-corrected chi connectivity index (χ0v) is 12.0. The zero-order valence-electron chi connectivity index (χ0n) is 10.4. The Hall–Kier alpha value is -0.610. The molecule has 94 valence electrons. The molecule has 0 spiro atoms. The average molecular weight is 270 g/mol. The van der Waals surface area contributed by atoms with Gasteiger partial charge in [-0.15, -0.1) is 23.5 Å². The minimum atomic E-state index is -0.747. The second-order valence-corrected chi connectivity index (χ2v) is 7.21. The van der Waals surface area contributed by atoms with Gasteiger partial charge in [-0.1, -0.05) is 17.7 Å². The number of hydrogen-bond donors (Lipinski definition) is 1. The molecule has 0 aliphatic heterocycles. The smallest absolute Gasteiger partial charge is 0.319 e. The molecule has 0 aliphatic rings. The number of carbonyl (C=O) groups is 1. The molecule has 0 fully saturated rings. The van der Waals surface area contributed by atoms with E-state index in [9.17, 15) is 4.79 Å². The van der Waals surface area contributed by atoms with Crippen molar-refractivity contribution >= 4 is 29.5 Å². The van der Waals surface area contributed by atoms with Crippen LogP contribution in [0.15, 0.2) is 29.2 Å². The standard InChI is InChI=1S/C13H18O2S2/c1-10-4-6-11(7-5-10)16-8-9-17-13(2,3)12(14)15/h4-7H,8-9H2,1-3H3,(H,14,15). The first-order chi connectivity index (χ1) is 7.92. The third kappa shape index (κ3) is 5.04. The molecule has 1 N–H and O–H groups in total. The topological polar surface area (TPSA) is 37.3 Å². The van der Waals surface area contributed by atoms with Gasteiger partial charge in [0.05, 0.1) is 0 Å². The molecular formula is C13H18O2S2. The lowest BCUT2D eigenvalue weighted by Crippen LogP contribution is -2.27. The van der Waals surface area contributed by atoms with Crippen LogP contribution < -0.4 is 0 Å². The van der Waals surface area contributed by atoms with Crippen molar-refractivity contribution in [2.75, 3.05) is 11.5 Å². The predicted octanol–water partition coefficient (Wildman–Crippen LogP) is 3.68. The summed E-state index contributed by atoms with van der Waals surface area (Å²) in [5.41, 5.74) is 1.26. The van der Waals surface area contributed by atoms with Gasteiger partial charge >= 0.3 is 5.97 Å². The lowest BCUT2D eigenvalue weighted by Gasteiger charge is -2.17. The highest BCUT2D eigenvalue weighted by molar-refractivity contribution is 8.04. The first kappa shape index (κ1) is 14.5. The minimum absolute atomic E-state index is 0.687. The summed E-state index contributed by atoms with van der Waals surface area (Å²) < 4.78 is -0.687. The Morgan fingerprint density at radius 3 is 2.35 bits per heavy atom. The highest BCUT2D eigenvalue weighted by Gasteiger charge is 2.26. The Balaban J connectivity index is 2.29. The van der Waals surface area contributed by atoms with Gasteiger partial charge in [0.1, 0.15) is 4.75 Å². The monoisotopic (exact) mass is 270 g/mol. The molecular weight excluding hydrogens is 252 g/mol. The number of rotatable bonds is 6. The lowest BCUT2D eigenvalue weighted by molar-refractivity contribution is -0.138. The first-order valence-corrected chi connectivity index (χ1v) is 7.46. The molecule has 0 amide bonds. The summed E-state index contributed by atoms with van der Waals surface area (Å²) in [7, 11) is 0. The molecule has 0 saturated heterocycles. The van der Waals surface area contributed by atoms with Crippen LogP contribution in [0, 0.1) is 6.92 Å². The number of benzene rings is 1. The molecule has 0 unspecified atom stereocenters. The number of carboxylic acids is 1. The van der Waals surface area contributed by atoms with Crippen molar-refractivity contribution in [1.29, 1.82) is 0 Å². The van der Waals surface area contributed by atoms with E-state index in [1.807, 2.05) is 0 Å². The van der Waals surface area contributed by atoms with Crippen molar-refractivity contribution in [2.45, 2.75) is 30.4 Å². The lowest BCUT2D eigenvalue weighted by atomic mass is 10.2. The normalized spacial score (nSPS) is 11.5. The Bertz CT molecular complexity index is 372. The van der Waals surface area contributed by atoms with Gasteiger partial charge < -0.3 is 5.11 Å². The molecule has 4 heteroatoms. The van der Waals surface area contributed by atoms with E-state index in [1.54, 1.807) is 25.6 Å². The third-order valence-corrected chi connectivity index (χ3v) is 4.93. The Labute approximate surface area is 111 Å². The van der Waals surface area contributed by atoms with Crippen LogP contribution in [0.5, 0.6) is 0 Å². The van der Waals surface area contributed by atoms with Gasteiger partial charge in [0.2, 0.25) is 0 Å². The fourth-order valence-electron chi connectivity index (χ4n) is 1.15. The van der Waals surface area contributed by atoms with E-state index in [1.165, 1.54) is 22.2 Å². The van der Waals surface area contributed by atoms with Gasteiger partial charge in [-0.05, 0) is 32.9 Å². The maximum Gasteiger partial charge on any atom is 0.319 e. The minimum Gasteiger partial charge on any atom is -0.480 e. The quantitative estimate of drug-likeness (QED) is 0.632. The second-order valence-electron chi connectivity index (χ2n) is 4.33. The molecule has 0 atom stereocenters. The highest BCUT2D eigenvalue weighted by Crippen LogP contribution is 2.27. The van der Waals surface area contributed by atoms with Crippen LogP contribution in [0.2, 0.25) is 0 Å². The van der Waals surface area contributed by atoms with Crippen molar-refractivity contribution in [2.24, 2.45) is 0 Å². The summed E-state index contributed by atoms with van der Waals surface area (Å²) >= 11 is 3.26. The van der Waals surface area contributed by atoms with Gasteiger partial charge in [0.25, 0.3) is 0 Å².